The van der Waals surface area contributed by atoms with Crippen molar-refractivity contribution < 1.29 is 9.47 Å². The van der Waals surface area contributed by atoms with Crippen molar-refractivity contribution in [2.45, 2.75) is 32.1 Å². The van der Waals surface area contributed by atoms with Crippen LogP contribution in [0.2, 0.25) is 0 Å². The number of rotatable bonds is 7. The van der Waals surface area contributed by atoms with Crippen LogP contribution < -0.4 is 5.32 Å². The summed E-state index contributed by atoms with van der Waals surface area (Å²) in [4.78, 5) is 2.34. The first-order valence-corrected chi connectivity index (χ1v) is 6.24. The highest BCUT2D eigenvalue weighted by atomic mass is 16.5. The van der Waals surface area contributed by atoms with E-state index in [0.29, 0.717) is 6.04 Å². The van der Waals surface area contributed by atoms with Gasteiger partial charge in [0.05, 0.1) is 12.2 Å². The predicted molar refractivity (Wildman–Crippen MR) is 70.3 cm³/mol. The van der Waals surface area contributed by atoms with Crippen LogP contribution in [0.5, 0.6) is 0 Å². The summed E-state index contributed by atoms with van der Waals surface area (Å²) in [7, 11) is 3.49. The maximum absolute atomic E-state index is 5.41. The minimum Gasteiger partial charge on any atom is -0.377 e. The van der Waals surface area contributed by atoms with Gasteiger partial charge < -0.3 is 14.8 Å². The second kappa shape index (κ2) is 7.11. The van der Waals surface area contributed by atoms with E-state index in [9.17, 15) is 0 Å². The van der Waals surface area contributed by atoms with E-state index in [2.05, 4.69) is 30.6 Å². The van der Waals surface area contributed by atoms with Gasteiger partial charge in [-0.05, 0) is 5.57 Å². The van der Waals surface area contributed by atoms with Crippen LogP contribution in [0.3, 0.4) is 0 Å². The molecule has 4 heteroatoms. The zero-order chi connectivity index (χ0) is 12.8. The van der Waals surface area contributed by atoms with Crippen LogP contribution in [0, 0.1) is 0 Å². The smallest absolute Gasteiger partial charge is 0.0971 e. The first-order chi connectivity index (χ1) is 8.06. The van der Waals surface area contributed by atoms with Gasteiger partial charge in [0, 0.05) is 46.4 Å². The third-order valence-electron chi connectivity index (χ3n) is 3.10. The summed E-state index contributed by atoms with van der Waals surface area (Å²) < 4.78 is 10.8. The van der Waals surface area contributed by atoms with Crippen molar-refractivity contribution in [2.75, 3.05) is 40.4 Å². The van der Waals surface area contributed by atoms with E-state index < -0.39 is 0 Å². The Morgan fingerprint density at radius 3 is 2.24 bits per heavy atom. The third-order valence-corrected chi connectivity index (χ3v) is 3.10. The standard InChI is InChI=1S/C13H26N2O2/c1-10(2)14-6-11(3)7-15-8-12(16-4)13(9-15)17-5/h10,12-14H,3,6-9H2,1-2,4-5H3. The second-order valence-electron chi connectivity index (χ2n) is 5.03. The van der Waals surface area contributed by atoms with Crippen LogP contribution in [0.4, 0.5) is 0 Å². The predicted octanol–water partition coefficient (Wildman–Crippen LogP) is 0.886. The van der Waals surface area contributed by atoms with Crippen LogP contribution in [0.15, 0.2) is 12.2 Å². The maximum atomic E-state index is 5.41. The molecule has 0 bridgehead atoms. The highest BCUT2D eigenvalue weighted by molar-refractivity contribution is 5.02. The maximum Gasteiger partial charge on any atom is 0.0971 e. The quantitative estimate of drug-likeness (QED) is 0.672. The van der Waals surface area contributed by atoms with E-state index in [1.807, 2.05) is 0 Å². The van der Waals surface area contributed by atoms with Crippen LogP contribution in [-0.4, -0.2) is 63.5 Å². The first kappa shape index (κ1) is 14.6. The molecule has 1 fully saturated rings. The van der Waals surface area contributed by atoms with Gasteiger partial charge in [-0.2, -0.15) is 0 Å². The highest BCUT2D eigenvalue weighted by Gasteiger charge is 2.32. The highest BCUT2D eigenvalue weighted by Crippen LogP contribution is 2.16. The SMILES string of the molecule is C=C(CNC(C)C)CN1CC(OC)C(OC)C1. The lowest BCUT2D eigenvalue weighted by Gasteiger charge is -2.18. The fourth-order valence-electron chi connectivity index (χ4n) is 2.12. The molecular weight excluding hydrogens is 216 g/mol. The van der Waals surface area contributed by atoms with Gasteiger partial charge >= 0.3 is 0 Å². The Morgan fingerprint density at radius 2 is 1.82 bits per heavy atom. The number of nitrogens with zero attached hydrogens (tertiary/aromatic N) is 1. The van der Waals surface area contributed by atoms with Crippen molar-refractivity contribution >= 4 is 0 Å². The van der Waals surface area contributed by atoms with E-state index in [1.165, 1.54) is 5.57 Å². The van der Waals surface area contributed by atoms with Crippen molar-refractivity contribution in [3.05, 3.63) is 12.2 Å². The summed E-state index contributed by atoms with van der Waals surface area (Å²) >= 11 is 0. The van der Waals surface area contributed by atoms with Gasteiger partial charge in [-0.25, -0.2) is 0 Å². The molecule has 0 aromatic heterocycles. The summed E-state index contributed by atoms with van der Waals surface area (Å²) in [5.74, 6) is 0. The van der Waals surface area contributed by atoms with Gasteiger partial charge in [0.2, 0.25) is 0 Å². The number of methoxy groups -OCH3 is 2. The zero-order valence-corrected chi connectivity index (χ0v) is 11.5. The molecule has 17 heavy (non-hydrogen) atoms. The molecule has 0 aromatic rings. The lowest BCUT2D eigenvalue weighted by molar-refractivity contribution is -0.00461. The molecule has 2 unspecified atom stereocenters. The molecule has 1 rings (SSSR count). The Hall–Kier alpha value is -0.420. The Balaban J connectivity index is 2.31. The first-order valence-electron chi connectivity index (χ1n) is 6.24. The van der Waals surface area contributed by atoms with E-state index in [0.717, 1.165) is 26.2 Å². The van der Waals surface area contributed by atoms with Gasteiger partial charge in [-0.3, -0.25) is 4.90 Å². The zero-order valence-electron chi connectivity index (χ0n) is 11.5. The molecule has 100 valence electrons. The largest absolute Gasteiger partial charge is 0.377 e. The van der Waals surface area contributed by atoms with E-state index in [-0.39, 0.29) is 12.2 Å². The molecule has 0 radical (unpaired) electrons. The average molecular weight is 242 g/mol. The molecule has 1 saturated heterocycles. The Morgan fingerprint density at radius 1 is 1.29 bits per heavy atom. The lowest BCUT2D eigenvalue weighted by Crippen LogP contribution is -2.31. The number of likely N-dealkylation sites (tertiary alicyclic amines) is 1. The molecule has 0 aliphatic carbocycles. The fourth-order valence-corrected chi connectivity index (χ4v) is 2.12. The van der Waals surface area contributed by atoms with Crippen LogP contribution >= 0.6 is 0 Å². The molecule has 1 N–H and O–H groups in total. The summed E-state index contributed by atoms with van der Waals surface area (Å²) in [6.45, 7) is 12.0. The lowest BCUT2D eigenvalue weighted by atomic mass is 10.2. The molecule has 1 aliphatic rings. The minimum absolute atomic E-state index is 0.186. The molecular formula is C13H26N2O2. The van der Waals surface area contributed by atoms with Crippen molar-refractivity contribution in [2.24, 2.45) is 0 Å². The number of ether oxygens (including phenoxy) is 2. The molecule has 0 saturated carbocycles. The Bertz CT molecular complexity index is 232. The van der Waals surface area contributed by atoms with Crippen LogP contribution in [-0.2, 0) is 9.47 Å². The van der Waals surface area contributed by atoms with Gasteiger partial charge in [-0.15, -0.1) is 0 Å². The van der Waals surface area contributed by atoms with Crippen molar-refractivity contribution in [3.8, 4) is 0 Å². The fraction of sp³-hybridized carbons (Fsp3) is 0.846. The molecule has 2 atom stereocenters. The molecule has 1 aliphatic heterocycles. The van der Waals surface area contributed by atoms with Crippen molar-refractivity contribution in [1.82, 2.24) is 10.2 Å². The van der Waals surface area contributed by atoms with Gasteiger partial charge in [-0.1, -0.05) is 20.4 Å². The van der Waals surface area contributed by atoms with E-state index in [1.54, 1.807) is 14.2 Å². The Labute approximate surface area is 105 Å². The third kappa shape index (κ3) is 4.76. The summed E-state index contributed by atoms with van der Waals surface area (Å²) in [6, 6.07) is 0.503. The number of nitrogens with one attached hydrogen (secondary N) is 1. The van der Waals surface area contributed by atoms with Crippen LogP contribution in [0.1, 0.15) is 13.8 Å². The molecule has 0 spiro atoms. The molecule has 1 heterocycles. The molecule has 0 amide bonds. The van der Waals surface area contributed by atoms with Crippen molar-refractivity contribution in [1.29, 1.82) is 0 Å². The minimum atomic E-state index is 0.186. The number of hydrogen-bond donors (Lipinski definition) is 1. The van der Waals surface area contributed by atoms with Gasteiger partial charge in [0.25, 0.3) is 0 Å². The van der Waals surface area contributed by atoms with Crippen LogP contribution in [0.25, 0.3) is 0 Å². The average Bonchev–Trinajstić information content (AvgIpc) is 2.68. The summed E-state index contributed by atoms with van der Waals surface area (Å²) in [5.41, 5.74) is 1.21. The van der Waals surface area contributed by atoms with E-state index in [4.69, 9.17) is 9.47 Å². The monoisotopic (exact) mass is 242 g/mol. The summed E-state index contributed by atoms with van der Waals surface area (Å²) in [5, 5.41) is 3.38. The number of hydrogen-bond acceptors (Lipinski definition) is 4. The van der Waals surface area contributed by atoms with Gasteiger partial charge in [0.1, 0.15) is 0 Å². The topological polar surface area (TPSA) is 33.7 Å². The molecule has 4 nitrogen and oxygen atoms in total. The molecule has 0 aromatic carbocycles. The summed E-state index contributed by atoms with van der Waals surface area (Å²) in [6.07, 6.45) is 0.372. The second-order valence-corrected chi connectivity index (χ2v) is 5.03. The van der Waals surface area contributed by atoms with E-state index >= 15 is 0 Å². The van der Waals surface area contributed by atoms with Gasteiger partial charge in [0.15, 0.2) is 0 Å². The normalized spacial score (nSPS) is 25.7. The Kier molecular flexibility index (Phi) is 6.12. The van der Waals surface area contributed by atoms with Crippen molar-refractivity contribution in [3.63, 3.8) is 0 Å².